The molecule has 1 saturated heterocycles. The summed E-state index contributed by atoms with van der Waals surface area (Å²) in [7, 11) is 0. The summed E-state index contributed by atoms with van der Waals surface area (Å²) in [6, 6.07) is 2.92. The SMILES string of the molecule is O=C(O)C1COCCN1C(=O)c1cccc(Cl)c1F. The minimum Gasteiger partial charge on any atom is -0.480 e. The fraction of sp³-hybridized carbons (Fsp3) is 0.333. The Morgan fingerprint density at radius 1 is 1.47 bits per heavy atom. The molecule has 1 aliphatic heterocycles. The van der Waals surface area contributed by atoms with Crippen LogP contribution in [0.2, 0.25) is 5.02 Å². The van der Waals surface area contributed by atoms with Crippen molar-refractivity contribution in [3.63, 3.8) is 0 Å². The van der Waals surface area contributed by atoms with Crippen LogP contribution in [0.3, 0.4) is 0 Å². The smallest absolute Gasteiger partial charge is 0.328 e. The van der Waals surface area contributed by atoms with Gasteiger partial charge >= 0.3 is 5.97 Å². The van der Waals surface area contributed by atoms with E-state index in [1.165, 1.54) is 18.2 Å². The molecule has 102 valence electrons. The highest BCUT2D eigenvalue weighted by atomic mass is 35.5. The van der Waals surface area contributed by atoms with Crippen LogP contribution in [0.4, 0.5) is 4.39 Å². The average Bonchev–Trinajstić information content (AvgIpc) is 2.41. The summed E-state index contributed by atoms with van der Waals surface area (Å²) in [5.41, 5.74) is -0.236. The number of rotatable bonds is 2. The second-order valence-electron chi connectivity index (χ2n) is 4.03. The number of carbonyl (C=O) groups excluding carboxylic acids is 1. The summed E-state index contributed by atoms with van der Waals surface area (Å²) in [6.45, 7) is 0.211. The predicted molar refractivity (Wildman–Crippen MR) is 64.7 cm³/mol. The monoisotopic (exact) mass is 287 g/mol. The highest BCUT2D eigenvalue weighted by molar-refractivity contribution is 6.31. The van der Waals surface area contributed by atoms with Gasteiger partial charge in [0.05, 0.1) is 23.8 Å². The molecule has 0 bridgehead atoms. The van der Waals surface area contributed by atoms with E-state index in [9.17, 15) is 14.0 Å². The Balaban J connectivity index is 2.31. The molecule has 1 aliphatic rings. The van der Waals surface area contributed by atoms with Gasteiger partial charge in [-0.25, -0.2) is 9.18 Å². The standard InChI is InChI=1S/C12H11ClFNO4/c13-8-3-1-2-7(10(8)14)11(16)15-4-5-19-6-9(15)12(17)18/h1-3,9H,4-6H2,(H,17,18). The van der Waals surface area contributed by atoms with Gasteiger partial charge in [-0.15, -0.1) is 0 Å². The van der Waals surface area contributed by atoms with Gasteiger partial charge in [0.2, 0.25) is 0 Å². The molecule has 2 rings (SSSR count). The van der Waals surface area contributed by atoms with E-state index in [1.807, 2.05) is 0 Å². The van der Waals surface area contributed by atoms with E-state index < -0.39 is 23.7 Å². The van der Waals surface area contributed by atoms with Crippen molar-refractivity contribution in [2.45, 2.75) is 6.04 Å². The molecule has 1 unspecified atom stereocenters. The quantitative estimate of drug-likeness (QED) is 0.893. The molecule has 1 aromatic carbocycles. The van der Waals surface area contributed by atoms with Gasteiger partial charge in [0.15, 0.2) is 11.9 Å². The number of benzene rings is 1. The zero-order valence-corrected chi connectivity index (χ0v) is 10.6. The molecule has 0 aromatic heterocycles. The summed E-state index contributed by atoms with van der Waals surface area (Å²) >= 11 is 5.61. The fourth-order valence-corrected chi connectivity index (χ4v) is 2.05. The first-order valence-electron chi connectivity index (χ1n) is 5.58. The number of carbonyl (C=O) groups is 2. The lowest BCUT2D eigenvalue weighted by Crippen LogP contribution is -2.52. The molecule has 7 heteroatoms. The minimum absolute atomic E-state index is 0.0990. The fourth-order valence-electron chi connectivity index (χ4n) is 1.88. The summed E-state index contributed by atoms with van der Waals surface area (Å²) < 4.78 is 18.8. The Labute approximate surface area is 113 Å². The van der Waals surface area contributed by atoms with Gasteiger partial charge < -0.3 is 14.7 Å². The second kappa shape index (κ2) is 5.54. The number of hydrogen-bond donors (Lipinski definition) is 1. The van der Waals surface area contributed by atoms with Crippen LogP contribution in [-0.2, 0) is 9.53 Å². The Kier molecular flexibility index (Phi) is 4.01. The third-order valence-corrected chi connectivity index (χ3v) is 3.15. The van der Waals surface area contributed by atoms with Crippen LogP contribution in [0.1, 0.15) is 10.4 Å². The second-order valence-corrected chi connectivity index (χ2v) is 4.44. The number of amides is 1. The number of morpholine rings is 1. The van der Waals surface area contributed by atoms with Crippen molar-refractivity contribution < 1.29 is 23.8 Å². The number of carboxylic acid groups (broad SMARTS) is 1. The Morgan fingerprint density at radius 3 is 2.89 bits per heavy atom. The predicted octanol–water partition coefficient (Wildman–Crippen LogP) is 1.40. The van der Waals surface area contributed by atoms with E-state index in [4.69, 9.17) is 21.4 Å². The van der Waals surface area contributed by atoms with Crippen molar-refractivity contribution >= 4 is 23.5 Å². The van der Waals surface area contributed by atoms with Crippen LogP contribution in [0.15, 0.2) is 18.2 Å². The van der Waals surface area contributed by atoms with Gasteiger partial charge in [0.25, 0.3) is 5.91 Å². The highest BCUT2D eigenvalue weighted by Crippen LogP contribution is 2.21. The zero-order valence-electron chi connectivity index (χ0n) is 9.81. The number of nitrogens with zero attached hydrogens (tertiary/aromatic N) is 1. The topological polar surface area (TPSA) is 66.8 Å². The zero-order chi connectivity index (χ0) is 14.0. The van der Waals surface area contributed by atoms with Crippen molar-refractivity contribution in [1.82, 2.24) is 4.90 Å². The van der Waals surface area contributed by atoms with Crippen LogP contribution < -0.4 is 0 Å². The molecule has 5 nitrogen and oxygen atoms in total. The van der Waals surface area contributed by atoms with Crippen molar-refractivity contribution in [1.29, 1.82) is 0 Å². The van der Waals surface area contributed by atoms with E-state index in [-0.39, 0.29) is 30.3 Å². The van der Waals surface area contributed by atoms with Crippen LogP contribution >= 0.6 is 11.6 Å². The minimum atomic E-state index is -1.18. The maximum absolute atomic E-state index is 13.8. The summed E-state index contributed by atoms with van der Waals surface area (Å²) in [5.74, 6) is -2.73. The number of carboxylic acids is 1. The first-order chi connectivity index (χ1) is 9.02. The molecule has 0 saturated carbocycles. The lowest BCUT2D eigenvalue weighted by molar-refractivity contribution is -0.147. The Morgan fingerprint density at radius 2 is 2.21 bits per heavy atom. The maximum atomic E-state index is 13.8. The average molecular weight is 288 g/mol. The molecule has 1 aromatic rings. The normalized spacial score (nSPS) is 19.3. The van der Waals surface area contributed by atoms with Crippen LogP contribution in [0.25, 0.3) is 0 Å². The van der Waals surface area contributed by atoms with Crippen LogP contribution in [0, 0.1) is 5.82 Å². The lowest BCUT2D eigenvalue weighted by atomic mass is 10.1. The maximum Gasteiger partial charge on any atom is 0.328 e. The highest BCUT2D eigenvalue weighted by Gasteiger charge is 2.34. The molecule has 0 aliphatic carbocycles. The van der Waals surface area contributed by atoms with Crippen molar-refractivity contribution in [3.05, 3.63) is 34.6 Å². The molecule has 1 amide bonds. The Hall–Kier alpha value is -1.66. The van der Waals surface area contributed by atoms with E-state index in [1.54, 1.807) is 0 Å². The van der Waals surface area contributed by atoms with Gasteiger partial charge in [-0.2, -0.15) is 0 Å². The van der Waals surface area contributed by atoms with Gasteiger partial charge in [-0.3, -0.25) is 4.79 Å². The van der Waals surface area contributed by atoms with Gasteiger partial charge in [-0.1, -0.05) is 17.7 Å². The molecular weight excluding hydrogens is 277 g/mol. The van der Waals surface area contributed by atoms with Crippen LogP contribution in [-0.4, -0.2) is 47.7 Å². The van der Waals surface area contributed by atoms with Gasteiger partial charge in [0, 0.05) is 6.54 Å². The van der Waals surface area contributed by atoms with Crippen molar-refractivity contribution in [2.75, 3.05) is 19.8 Å². The number of aliphatic carboxylic acids is 1. The largest absolute Gasteiger partial charge is 0.480 e. The van der Waals surface area contributed by atoms with E-state index >= 15 is 0 Å². The van der Waals surface area contributed by atoms with Gasteiger partial charge in [0.1, 0.15) is 0 Å². The number of ether oxygens (including phenoxy) is 1. The molecule has 1 atom stereocenters. The third kappa shape index (κ3) is 2.69. The van der Waals surface area contributed by atoms with E-state index in [0.717, 1.165) is 4.90 Å². The van der Waals surface area contributed by atoms with E-state index in [0.29, 0.717) is 0 Å². The molecule has 1 fully saturated rings. The van der Waals surface area contributed by atoms with Gasteiger partial charge in [-0.05, 0) is 12.1 Å². The Bertz CT molecular complexity index is 522. The summed E-state index contributed by atoms with van der Waals surface area (Å²) in [4.78, 5) is 24.3. The van der Waals surface area contributed by atoms with Crippen molar-refractivity contribution in [3.8, 4) is 0 Å². The summed E-state index contributed by atoms with van der Waals surface area (Å²) in [5, 5.41) is 8.86. The first kappa shape index (κ1) is 13.8. The molecular formula is C12H11ClFNO4. The number of halogens is 2. The van der Waals surface area contributed by atoms with Crippen LogP contribution in [0.5, 0.6) is 0 Å². The van der Waals surface area contributed by atoms with Crippen molar-refractivity contribution in [2.24, 2.45) is 0 Å². The molecule has 0 spiro atoms. The third-order valence-electron chi connectivity index (χ3n) is 2.86. The molecule has 19 heavy (non-hydrogen) atoms. The number of hydrogen-bond acceptors (Lipinski definition) is 3. The molecule has 1 N–H and O–H groups in total. The lowest BCUT2D eigenvalue weighted by Gasteiger charge is -2.32. The summed E-state index contributed by atoms with van der Waals surface area (Å²) in [6.07, 6.45) is 0. The molecule has 0 radical (unpaired) electrons. The molecule has 1 heterocycles. The van der Waals surface area contributed by atoms with E-state index in [2.05, 4.69) is 0 Å². The first-order valence-corrected chi connectivity index (χ1v) is 5.95.